The van der Waals surface area contributed by atoms with Crippen LogP contribution in [0.5, 0.6) is 5.75 Å². The highest BCUT2D eigenvalue weighted by molar-refractivity contribution is 6.05. The summed E-state index contributed by atoms with van der Waals surface area (Å²) >= 11 is 0. The zero-order valence-corrected chi connectivity index (χ0v) is 23.5. The van der Waals surface area contributed by atoms with E-state index in [4.69, 9.17) is 9.72 Å². The molecule has 4 heterocycles. The number of amides is 1. The van der Waals surface area contributed by atoms with Gasteiger partial charge in [-0.3, -0.25) is 15.1 Å². The van der Waals surface area contributed by atoms with Gasteiger partial charge < -0.3 is 19.3 Å². The van der Waals surface area contributed by atoms with Crippen molar-refractivity contribution >= 4 is 22.9 Å². The number of methoxy groups -OCH3 is 1. The molecule has 4 aromatic rings. The van der Waals surface area contributed by atoms with E-state index >= 15 is 4.39 Å². The van der Waals surface area contributed by atoms with Gasteiger partial charge in [-0.05, 0) is 89.5 Å². The monoisotopic (exact) mass is 546 g/mol. The van der Waals surface area contributed by atoms with Crippen LogP contribution in [0.4, 0.5) is 10.3 Å². The molecule has 9 nitrogen and oxygen atoms in total. The number of aromatic nitrogens is 4. The van der Waals surface area contributed by atoms with Crippen molar-refractivity contribution in [2.75, 3.05) is 32.6 Å². The quantitative estimate of drug-likeness (QED) is 0.344. The third kappa shape index (κ3) is 5.68. The number of imidazole rings is 1. The SMILES string of the molecule is COc1ccncc1-c1nc(C)cc(C(=O)Nc2nc3cc(C4CCN(C)CC4)ccc3n2CC(C)(C)O)c1F. The summed E-state index contributed by atoms with van der Waals surface area (Å²) in [7, 11) is 3.61. The standard InChI is InChI=1S/C30H35FN6O3/c1-18-14-21(26(31)27(33-18)22-16-32-11-8-25(22)40-5)28(38)35-29-34-23-15-20(19-9-12-36(4)13-10-19)6-7-24(23)37(29)17-30(2,3)39/h6-8,11,14-16,19,39H,9-10,12-13,17H2,1-5H3,(H,34,35,38). The first-order valence-electron chi connectivity index (χ1n) is 13.4. The van der Waals surface area contributed by atoms with Gasteiger partial charge in [-0.15, -0.1) is 0 Å². The molecule has 1 fully saturated rings. The van der Waals surface area contributed by atoms with E-state index in [0.29, 0.717) is 28.4 Å². The number of pyridine rings is 2. The van der Waals surface area contributed by atoms with Crippen LogP contribution in [0.1, 0.15) is 54.2 Å². The van der Waals surface area contributed by atoms with Gasteiger partial charge in [0, 0.05) is 18.1 Å². The molecule has 0 radical (unpaired) electrons. The number of ether oxygens (including phenoxy) is 1. The number of aliphatic hydroxyl groups is 1. The highest BCUT2D eigenvalue weighted by Crippen LogP contribution is 2.33. The summed E-state index contributed by atoms with van der Waals surface area (Å²) in [4.78, 5) is 29.0. The first kappa shape index (κ1) is 27.7. The number of aryl methyl sites for hydroxylation is 1. The van der Waals surface area contributed by atoms with Crippen molar-refractivity contribution in [1.82, 2.24) is 24.4 Å². The summed E-state index contributed by atoms with van der Waals surface area (Å²) < 4.78 is 22.9. The molecule has 10 heteroatoms. The molecule has 0 spiro atoms. The molecule has 1 aromatic carbocycles. The fraction of sp³-hybridized carbons (Fsp3) is 0.400. The maximum atomic E-state index is 15.8. The molecule has 0 atom stereocenters. The van der Waals surface area contributed by atoms with Crippen molar-refractivity contribution in [2.45, 2.75) is 51.7 Å². The molecular weight excluding hydrogens is 511 g/mol. The number of anilines is 1. The van der Waals surface area contributed by atoms with Crippen LogP contribution in [-0.2, 0) is 6.54 Å². The van der Waals surface area contributed by atoms with Gasteiger partial charge in [0.1, 0.15) is 11.4 Å². The lowest BCUT2D eigenvalue weighted by atomic mass is 9.89. The third-order valence-electron chi connectivity index (χ3n) is 7.32. The number of piperidine rings is 1. The normalized spacial score (nSPS) is 15.0. The van der Waals surface area contributed by atoms with Crippen LogP contribution >= 0.6 is 0 Å². The van der Waals surface area contributed by atoms with Crippen LogP contribution in [0, 0.1) is 12.7 Å². The molecule has 40 heavy (non-hydrogen) atoms. The Morgan fingerprint density at radius 3 is 2.65 bits per heavy atom. The second-order valence-corrected chi connectivity index (χ2v) is 11.2. The van der Waals surface area contributed by atoms with Crippen LogP contribution < -0.4 is 10.1 Å². The molecule has 0 bridgehead atoms. The van der Waals surface area contributed by atoms with Gasteiger partial charge in [-0.25, -0.2) is 14.4 Å². The first-order chi connectivity index (χ1) is 19.0. The molecule has 0 aliphatic carbocycles. The highest BCUT2D eigenvalue weighted by Gasteiger charge is 2.26. The van der Waals surface area contributed by atoms with Crippen molar-refractivity contribution in [2.24, 2.45) is 0 Å². The summed E-state index contributed by atoms with van der Waals surface area (Å²) in [6.07, 6.45) is 5.13. The van der Waals surface area contributed by atoms with Crippen molar-refractivity contribution < 1.29 is 19.0 Å². The average molecular weight is 547 g/mol. The maximum absolute atomic E-state index is 15.8. The van der Waals surface area contributed by atoms with Crippen molar-refractivity contribution in [3.8, 4) is 17.0 Å². The Bertz CT molecular complexity index is 1550. The Balaban J connectivity index is 1.52. The van der Waals surface area contributed by atoms with E-state index in [2.05, 4.69) is 39.4 Å². The molecule has 1 aliphatic rings. The molecule has 5 rings (SSSR count). The van der Waals surface area contributed by atoms with Gasteiger partial charge >= 0.3 is 0 Å². The van der Waals surface area contributed by atoms with Crippen LogP contribution in [0.2, 0.25) is 0 Å². The first-order valence-corrected chi connectivity index (χ1v) is 13.4. The largest absolute Gasteiger partial charge is 0.496 e. The zero-order chi connectivity index (χ0) is 28.6. The number of carbonyl (C=O) groups is 1. The molecule has 0 unspecified atom stereocenters. The molecule has 1 amide bonds. The summed E-state index contributed by atoms with van der Waals surface area (Å²) in [5, 5.41) is 13.4. The lowest BCUT2D eigenvalue weighted by molar-refractivity contribution is 0.0630. The van der Waals surface area contributed by atoms with Gasteiger partial charge in [0.25, 0.3) is 5.91 Å². The topological polar surface area (TPSA) is 105 Å². The molecule has 0 saturated carbocycles. The van der Waals surface area contributed by atoms with Crippen LogP contribution in [0.3, 0.4) is 0 Å². The van der Waals surface area contributed by atoms with Crippen molar-refractivity contribution in [3.05, 3.63) is 65.4 Å². The van der Waals surface area contributed by atoms with Crippen molar-refractivity contribution in [3.63, 3.8) is 0 Å². The summed E-state index contributed by atoms with van der Waals surface area (Å²) in [5.74, 6) is -0.392. The van der Waals surface area contributed by atoms with Gasteiger partial charge in [0.15, 0.2) is 5.82 Å². The minimum atomic E-state index is -1.08. The molecule has 1 aliphatic heterocycles. The van der Waals surface area contributed by atoms with E-state index in [1.54, 1.807) is 31.4 Å². The number of rotatable bonds is 7. The van der Waals surface area contributed by atoms with Gasteiger partial charge in [-0.2, -0.15) is 0 Å². The Morgan fingerprint density at radius 2 is 1.95 bits per heavy atom. The number of nitrogens with one attached hydrogen (secondary N) is 1. The number of nitrogens with zero attached hydrogens (tertiary/aromatic N) is 5. The lowest BCUT2D eigenvalue weighted by Crippen LogP contribution is -2.29. The van der Waals surface area contributed by atoms with Gasteiger partial charge in [0.2, 0.25) is 5.95 Å². The van der Waals surface area contributed by atoms with Crippen LogP contribution in [0.15, 0.2) is 42.7 Å². The van der Waals surface area contributed by atoms with Crippen molar-refractivity contribution in [1.29, 1.82) is 0 Å². The van der Waals surface area contributed by atoms with E-state index in [0.717, 1.165) is 31.4 Å². The molecule has 210 valence electrons. The minimum Gasteiger partial charge on any atom is -0.496 e. The number of halogens is 1. The van der Waals surface area contributed by atoms with E-state index < -0.39 is 17.3 Å². The zero-order valence-electron chi connectivity index (χ0n) is 23.5. The fourth-order valence-electron chi connectivity index (χ4n) is 5.29. The molecule has 3 aromatic heterocycles. The van der Waals surface area contributed by atoms with E-state index in [1.807, 2.05) is 6.07 Å². The average Bonchev–Trinajstić information content (AvgIpc) is 3.24. The lowest BCUT2D eigenvalue weighted by Gasteiger charge is -2.29. The van der Waals surface area contributed by atoms with E-state index in [1.165, 1.54) is 31.1 Å². The number of hydrogen-bond acceptors (Lipinski definition) is 7. The number of likely N-dealkylation sites (tertiary alicyclic amines) is 1. The smallest absolute Gasteiger partial charge is 0.261 e. The summed E-state index contributed by atoms with van der Waals surface area (Å²) in [5.41, 5.74) is 2.21. The molecular formula is C30H35FN6O3. The predicted octanol–water partition coefficient (Wildman–Crippen LogP) is 4.78. The summed E-state index contributed by atoms with van der Waals surface area (Å²) in [6.45, 7) is 7.34. The van der Waals surface area contributed by atoms with E-state index in [9.17, 15) is 9.90 Å². The highest BCUT2D eigenvalue weighted by atomic mass is 19.1. The second-order valence-electron chi connectivity index (χ2n) is 11.2. The summed E-state index contributed by atoms with van der Waals surface area (Å²) in [6, 6.07) is 9.16. The second kappa shape index (κ2) is 10.9. The van der Waals surface area contributed by atoms with Crippen LogP contribution in [-0.4, -0.2) is 68.3 Å². The predicted molar refractivity (Wildman–Crippen MR) is 152 cm³/mol. The Hall–Kier alpha value is -3.89. The fourth-order valence-corrected chi connectivity index (χ4v) is 5.29. The number of benzene rings is 1. The molecule has 2 N–H and O–H groups in total. The Kier molecular flexibility index (Phi) is 7.57. The number of fused-ring (bicyclic) bond motifs is 1. The van der Waals surface area contributed by atoms with Gasteiger partial charge in [-0.1, -0.05) is 6.07 Å². The maximum Gasteiger partial charge on any atom is 0.261 e. The number of carbonyl (C=O) groups excluding carboxylic acids is 1. The van der Waals surface area contributed by atoms with Crippen LogP contribution in [0.25, 0.3) is 22.3 Å². The molecule has 1 saturated heterocycles. The van der Waals surface area contributed by atoms with E-state index in [-0.39, 0.29) is 23.8 Å². The van der Waals surface area contributed by atoms with Gasteiger partial charge in [0.05, 0.1) is 41.4 Å². The Labute approximate surface area is 233 Å². The Morgan fingerprint density at radius 1 is 1.20 bits per heavy atom. The third-order valence-corrected chi connectivity index (χ3v) is 7.32. The minimum absolute atomic E-state index is 0.0251. The number of hydrogen-bond donors (Lipinski definition) is 2.